The molecule has 24 heavy (non-hydrogen) atoms. The minimum absolute atomic E-state index is 0.116. The molecular weight excluding hydrogens is 308 g/mol. The number of rotatable bonds is 5. The molecule has 1 unspecified atom stereocenters. The van der Waals surface area contributed by atoms with E-state index in [2.05, 4.69) is 5.32 Å². The van der Waals surface area contributed by atoms with Gasteiger partial charge in [0.15, 0.2) is 0 Å². The van der Waals surface area contributed by atoms with E-state index >= 15 is 0 Å². The molecule has 0 bridgehead atoms. The number of nitrogens with one attached hydrogen (secondary N) is 1. The van der Waals surface area contributed by atoms with Crippen molar-refractivity contribution in [2.45, 2.75) is 12.5 Å². The molecule has 2 rings (SSSR count). The molecule has 0 aliphatic rings. The van der Waals surface area contributed by atoms with E-state index in [1.807, 2.05) is 6.07 Å². The van der Waals surface area contributed by atoms with Crippen LogP contribution in [0.5, 0.6) is 5.75 Å². The Morgan fingerprint density at radius 3 is 2.58 bits per heavy atom. The first-order valence-corrected chi connectivity index (χ1v) is 7.20. The Bertz CT molecular complexity index is 778. The van der Waals surface area contributed by atoms with E-state index < -0.39 is 17.9 Å². The van der Waals surface area contributed by atoms with E-state index in [0.29, 0.717) is 5.56 Å². The maximum Gasteiger partial charge on any atom is 0.328 e. The summed E-state index contributed by atoms with van der Waals surface area (Å²) in [5.74, 6) is -0.931. The van der Waals surface area contributed by atoms with Crippen molar-refractivity contribution in [1.29, 1.82) is 5.26 Å². The van der Waals surface area contributed by atoms with Crippen LogP contribution in [-0.2, 0) is 16.0 Å². The van der Waals surface area contributed by atoms with Gasteiger partial charge in [-0.3, -0.25) is 4.79 Å². The van der Waals surface area contributed by atoms with E-state index in [1.165, 1.54) is 25.3 Å². The zero-order valence-electron chi connectivity index (χ0n) is 13.0. The van der Waals surface area contributed by atoms with Gasteiger partial charge in [-0.2, -0.15) is 5.26 Å². The van der Waals surface area contributed by atoms with Crippen molar-refractivity contribution in [3.05, 3.63) is 65.2 Å². The molecule has 1 atom stereocenters. The molecule has 0 radical (unpaired) electrons. The Morgan fingerprint density at radius 1 is 1.25 bits per heavy atom. The van der Waals surface area contributed by atoms with E-state index in [9.17, 15) is 14.7 Å². The lowest BCUT2D eigenvalue weighted by Crippen LogP contribution is -2.43. The van der Waals surface area contributed by atoms with Gasteiger partial charge in [0.25, 0.3) is 5.91 Å². The smallest absolute Gasteiger partial charge is 0.328 e. The number of phenolic OH excluding ortho intramolecular Hbond substituents is 1. The van der Waals surface area contributed by atoms with Gasteiger partial charge < -0.3 is 15.2 Å². The maximum absolute atomic E-state index is 12.3. The molecule has 1 amide bonds. The van der Waals surface area contributed by atoms with Crippen molar-refractivity contribution in [3.63, 3.8) is 0 Å². The van der Waals surface area contributed by atoms with Crippen molar-refractivity contribution in [2.75, 3.05) is 7.11 Å². The fourth-order valence-corrected chi connectivity index (χ4v) is 2.17. The summed E-state index contributed by atoms with van der Waals surface area (Å²) < 4.78 is 4.73. The first kappa shape index (κ1) is 17.0. The Balaban J connectivity index is 2.16. The Hall–Kier alpha value is -3.33. The van der Waals surface area contributed by atoms with Crippen LogP contribution in [0.1, 0.15) is 21.5 Å². The predicted octanol–water partition coefficient (Wildman–Crippen LogP) is 1.78. The van der Waals surface area contributed by atoms with Crippen LogP contribution in [0.15, 0.2) is 48.5 Å². The number of phenols is 1. The van der Waals surface area contributed by atoms with Crippen LogP contribution in [0.25, 0.3) is 0 Å². The highest BCUT2D eigenvalue weighted by atomic mass is 16.5. The molecule has 2 N–H and O–H groups in total. The Morgan fingerprint density at radius 2 is 1.96 bits per heavy atom. The summed E-state index contributed by atoms with van der Waals surface area (Å²) in [5, 5.41) is 20.8. The van der Waals surface area contributed by atoms with Crippen LogP contribution < -0.4 is 5.32 Å². The van der Waals surface area contributed by atoms with Gasteiger partial charge in [-0.15, -0.1) is 0 Å². The molecular formula is C18H16N2O4. The quantitative estimate of drug-likeness (QED) is 0.817. The number of aromatic hydroxyl groups is 1. The van der Waals surface area contributed by atoms with Crippen molar-refractivity contribution >= 4 is 11.9 Å². The minimum Gasteiger partial charge on any atom is -0.508 e. The van der Waals surface area contributed by atoms with Gasteiger partial charge in [-0.25, -0.2) is 4.79 Å². The van der Waals surface area contributed by atoms with Crippen LogP contribution in [0.3, 0.4) is 0 Å². The first-order valence-electron chi connectivity index (χ1n) is 7.20. The molecule has 6 nitrogen and oxygen atoms in total. The summed E-state index contributed by atoms with van der Waals surface area (Å²) in [4.78, 5) is 24.3. The Labute approximate surface area is 139 Å². The molecule has 6 heteroatoms. The van der Waals surface area contributed by atoms with Gasteiger partial charge in [0.05, 0.1) is 18.7 Å². The zero-order valence-corrected chi connectivity index (χ0v) is 13.0. The molecule has 0 aliphatic heterocycles. The molecule has 0 aromatic heterocycles. The Kier molecular flexibility index (Phi) is 5.53. The third-order valence-corrected chi connectivity index (χ3v) is 3.42. The van der Waals surface area contributed by atoms with Crippen LogP contribution in [-0.4, -0.2) is 30.1 Å². The fourth-order valence-electron chi connectivity index (χ4n) is 2.17. The summed E-state index contributed by atoms with van der Waals surface area (Å²) in [5.41, 5.74) is 1.40. The number of amides is 1. The lowest BCUT2D eigenvalue weighted by Gasteiger charge is -2.17. The number of nitriles is 1. The molecule has 2 aromatic rings. The fraction of sp³-hybridized carbons (Fsp3) is 0.167. The van der Waals surface area contributed by atoms with Crippen molar-refractivity contribution in [3.8, 4) is 11.8 Å². The van der Waals surface area contributed by atoms with Crippen molar-refractivity contribution in [1.82, 2.24) is 5.32 Å². The standard InChI is InChI=1S/C18H16N2O4/c1-24-18(23)16(10-12-5-7-15(21)8-6-12)20-17(22)14-4-2-3-13(9-14)11-19/h2-9,16,21H,10H2,1H3,(H,20,22). The number of methoxy groups -OCH3 is 1. The second-order valence-corrected chi connectivity index (χ2v) is 5.11. The van der Waals surface area contributed by atoms with Gasteiger partial charge >= 0.3 is 5.97 Å². The summed E-state index contributed by atoms with van der Waals surface area (Å²) in [7, 11) is 1.24. The number of carbonyl (C=O) groups is 2. The van der Waals surface area contributed by atoms with Gasteiger partial charge in [-0.05, 0) is 35.9 Å². The van der Waals surface area contributed by atoms with E-state index in [0.717, 1.165) is 5.56 Å². The molecule has 0 saturated heterocycles. The van der Waals surface area contributed by atoms with Crippen LogP contribution in [0, 0.1) is 11.3 Å². The summed E-state index contributed by atoms with van der Waals surface area (Å²) in [6, 6.07) is 13.6. The third-order valence-electron chi connectivity index (χ3n) is 3.42. The second kappa shape index (κ2) is 7.79. The summed E-state index contributed by atoms with van der Waals surface area (Å²) >= 11 is 0. The van der Waals surface area contributed by atoms with E-state index in [4.69, 9.17) is 10.00 Å². The number of hydrogen-bond donors (Lipinski definition) is 2. The van der Waals surface area contributed by atoms with Gasteiger partial charge in [-0.1, -0.05) is 18.2 Å². The van der Waals surface area contributed by atoms with Gasteiger partial charge in [0, 0.05) is 12.0 Å². The summed E-state index contributed by atoms with van der Waals surface area (Å²) in [6.45, 7) is 0. The number of ether oxygens (including phenoxy) is 1. The monoisotopic (exact) mass is 324 g/mol. The number of nitrogens with zero attached hydrogens (tertiary/aromatic N) is 1. The second-order valence-electron chi connectivity index (χ2n) is 5.11. The maximum atomic E-state index is 12.3. The van der Waals surface area contributed by atoms with Crippen molar-refractivity contribution in [2.24, 2.45) is 0 Å². The lowest BCUT2D eigenvalue weighted by molar-refractivity contribution is -0.142. The largest absolute Gasteiger partial charge is 0.508 e. The zero-order chi connectivity index (χ0) is 17.5. The third kappa shape index (κ3) is 4.34. The van der Waals surface area contributed by atoms with Gasteiger partial charge in [0.2, 0.25) is 0 Å². The SMILES string of the molecule is COC(=O)C(Cc1ccc(O)cc1)NC(=O)c1cccc(C#N)c1. The average molecular weight is 324 g/mol. The molecule has 0 aliphatic carbocycles. The van der Waals surface area contributed by atoms with E-state index in [1.54, 1.807) is 30.3 Å². The van der Waals surface area contributed by atoms with Crippen molar-refractivity contribution < 1.29 is 19.4 Å². The van der Waals surface area contributed by atoms with Gasteiger partial charge in [0.1, 0.15) is 11.8 Å². The van der Waals surface area contributed by atoms with Crippen LogP contribution in [0.2, 0.25) is 0 Å². The highest BCUT2D eigenvalue weighted by Gasteiger charge is 2.22. The first-order chi connectivity index (χ1) is 11.5. The topological polar surface area (TPSA) is 99.4 Å². The highest BCUT2D eigenvalue weighted by Crippen LogP contribution is 2.12. The number of benzene rings is 2. The van der Waals surface area contributed by atoms with Crippen LogP contribution in [0.4, 0.5) is 0 Å². The molecule has 0 spiro atoms. The molecule has 0 fully saturated rings. The molecule has 0 heterocycles. The lowest BCUT2D eigenvalue weighted by atomic mass is 10.0. The molecule has 2 aromatic carbocycles. The number of carbonyl (C=O) groups excluding carboxylic acids is 2. The van der Waals surface area contributed by atoms with E-state index in [-0.39, 0.29) is 17.7 Å². The predicted molar refractivity (Wildman–Crippen MR) is 86.2 cm³/mol. The highest BCUT2D eigenvalue weighted by molar-refractivity contribution is 5.97. The normalized spacial score (nSPS) is 11.2. The number of esters is 1. The minimum atomic E-state index is -0.877. The molecule has 122 valence electrons. The summed E-state index contributed by atoms with van der Waals surface area (Å²) in [6.07, 6.45) is 0.219. The molecule has 0 saturated carbocycles. The number of hydrogen-bond acceptors (Lipinski definition) is 5. The van der Waals surface area contributed by atoms with Crippen LogP contribution >= 0.6 is 0 Å². The average Bonchev–Trinajstić information content (AvgIpc) is 2.62.